The van der Waals surface area contributed by atoms with Crippen molar-refractivity contribution in [3.8, 4) is 0 Å². The van der Waals surface area contributed by atoms with Crippen molar-refractivity contribution < 1.29 is 8.42 Å². The van der Waals surface area contributed by atoms with E-state index in [1.165, 1.54) is 12.3 Å². The van der Waals surface area contributed by atoms with Crippen LogP contribution in [0.25, 0.3) is 0 Å². The highest BCUT2D eigenvalue weighted by Gasteiger charge is 2.39. The predicted molar refractivity (Wildman–Crippen MR) is 70.4 cm³/mol. The number of rotatable bonds is 3. The number of hydrogen-bond donors (Lipinski definition) is 1. The van der Waals surface area contributed by atoms with Crippen molar-refractivity contribution in [2.45, 2.75) is 50.1 Å². The maximum Gasteiger partial charge on any atom is 0.247 e. The van der Waals surface area contributed by atoms with Crippen LogP contribution in [-0.4, -0.2) is 29.8 Å². The Kier molecular flexibility index (Phi) is 3.59. The fourth-order valence-electron chi connectivity index (χ4n) is 2.60. The smallest absolute Gasteiger partial charge is 0.247 e. The first-order valence-electron chi connectivity index (χ1n) is 6.22. The zero-order valence-corrected chi connectivity index (χ0v) is 11.5. The standard InChI is InChI=1S/C12H19N3O2S/c1-3-10-7-6-9(2)15(10)18(16,17)11-5-4-8-14-12(11)13/h4-5,8-10H,3,6-7H2,1-2H3,(H2,13,14). The molecule has 0 bridgehead atoms. The largest absolute Gasteiger partial charge is 0.383 e. The van der Waals surface area contributed by atoms with Gasteiger partial charge in [-0.05, 0) is 38.3 Å². The summed E-state index contributed by atoms with van der Waals surface area (Å²) < 4.78 is 26.9. The molecule has 1 aliphatic heterocycles. The summed E-state index contributed by atoms with van der Waals surface area (Å²) in [6, 6.07) is 3.23. The molecule has 2 atom stereocenters. The lowest BCUT2D eigenvalue weighted by Crippen LogP contribution is -2.39. The van der Waals surface area contributed by atoms with Gasteiger partial charge >= 0.3 is 0 Å². The van der Waals surface area contributed by atoms with Gasteiger partial charge in [-0.15, -0.1) is 0 Å². The van der Waals surface area contributed by atoms with Gasteiger partial charge in [0.15, 0.2) is 0 Å². The molecule has 0 aliphatic carbocycles. The average molecular weight is 269 g/mol. The third-order valence-corrected chi connectivity index (χ3v) is 5.65. The molecule has 1 aromatic rings. The molecule has 2 N–H and O–H groups in total. The molecule has 2 heterocycles. The molecule has 0 amide bonds. The second kappa shape index (κ2) is 4.85. The molecule has 0 spiro atoms. The number of nitrogen functional groups attached to an aromatic ring is 1. The van der Waals surface area contributed by atoms with Crippen LogP contribution >= 0.6 is 0 Å². The van der Waals surface area contributed by atoms with Gasteiger partial charge in [0.1, 0.15) is 10.7 Å². The Labute approximate surface area is 108 Å². The molecular weight excluding hydrogens is 250 g/mol. The normalized spacial score (nSPS) is 25.4. The molecule has 1 aliphatic rings. The first-order valence-corrected chi connectivity index (χ1v) is 7.66. The monoisotopic (exact) mass is 269 g/mol. The molecule has 0 radical (unpaired) electrons. The Balaban J connectivity index is 2.46. The lowest BCUT2D eigenvalue weighted by Gasteiger charge is -2.27. The van der Waals surface area contributed by atoms with Crippen LogP contribution in [0.5, 0.6) is 0 Å². The second-order valence-corrected chi connectivity index (χ2v) is 6.52. The summed E-state index contributed by atoms with van der Waals surface area (Å²) in [7, 11) is -3.53. The molecule has 100 valence electrons. The Bertz CT molecular complexity index is 530. The van der Waals surface area contributed by atoms with Crippen molar-refractivity contribution in [1.82, 2.24) is 9.29 Å². The molecule has 0 aromatic carbocycles. The SMILES string of the molecule is CCC1CCC(C)N1S(=O)(=O)c1cccnc1N. The zero-order chi connectivity index (χ0) is 13.3. The zero-order valence-electron chi connectivity index (χ0n) is 10.7. The van der Waals surface area contributed by atoms with Gasteiger partial charge in [-0.2, -0.15) is 4.31 Å². The minimum Gasteiger partial charge on any atom is -0.383 e. The number of aromatic nitrogens is 1. The predicted octanol–water partition coefficient (Wildman–Crippen LogP) is 1.62. The molecule has 6 heteroatoms. The topological polar surface area (TPSA) is 76.3 Å². The first-order chi connectivity index (χ1) is 8.48. The van der Waals surface area contributed by atoms with Crippen molar-refractivity contribution in [1.29, 1.82) is 0 Å². The summed E-state index contributed by atoms with van der Waals surface area (Å²) in [4.78, 5) is 3.99. The molecule has 5 nitrogen and oxygen atoms in total. The van der Waals surface area contributed by atoms with E-state index in [1.807, 2.05) is 13.8 Å². The highest BCUT2D eigenvalue weighted by atomic mass is 32.2. The van der Waals surface area contributed by atoms with E-state index in [-0.39, 0.29) is 22.8 Å². The number of nitrogens with two attached hydrogens (primary N) is 1. The van der Waals surface area contributed by atoms with Crippen molar-refractivity contribution >= 4 is 15.8 Å². The van der Waals surface area contributed by atoms with E-state index in [0.717, 1.165) is 19.3 Å². The molecular formula is C12H19N3O2S. The summed E-state index contributed by atoms with van der Waals surface area (Å²) in [6.07, 6.45) is 4.14. The highest BCUT2D eigenvalue weighted by Crippen LogP contribution is 2.33. The minimum absolute atomic E-state index is 0.0274. The maximum absolute atomic E-state index is 12.6. The summed E-state index contributed by atoms with van der Waals surface area (Å²) in [5.41, 5.74) is 5.69. The van der Waals surface area contributed by atoms with Crippen molar-refractivity contribution in [2.75, 3.05) is 5.73 Å². The van der Waals surface area contributed by atoms with Crippen LogP contribution < -0.4 is 5.73 Å². The third kappa shape index (κ3) is 2.10. The van der Waals surface area contributed by atoms with Gasteiger partial charge in [0.2, 0.25) is 10.0 Å². The molecule has 0 saturated carbocycles. The molecule has 1 aromatic heterocycles. The molecule has 1 fully saturated rings. The van der Waals surface area contributed by atoms with Crippen molar-refractivity contribution in [3.63, 3.8) is 0 Å². The summed E-state index contributed by atoms with van der Waals surface area (Å²) >= 11 is 0. The van der Waals surface area contributed by atoms with E-state index in [9.17, 15) is 8.42 Å². The lowest BCUT2D eigenvalue weighted by molar-refractivity contribution is 0.329. The number of anilines is 1. The van der Waals surface area contributed by atoms with E-state index in [4.69, 9.17) is 5.73 Å². The Hall–Kier alpha value is -1.14. The van der Waals surface area contributed by atoms with E-state index in [1.54, 1.807) is 10.4 Å². The van der Waals surface area contributed by atoms with Gasteiger partial charge in [-0.1, -0.05) is 6.92 Å². The Morgan fingerprint density at radius 3 is 2.83 bits per heavy atom. The fraction of sp³-hybridized carbons (Fsp3) is 0.583. The van der Waals surface area contributed by atoms with Crippen LogP contribution in [0.4, 0.5) is 5.82 Å². The van der Waals surface area contributed by atoms with Gasteiger partial charge < -0.3 is 5.73 Å². The molecule has 2 unspecified atom stereocenters. The minimum atomic E-state index is -3.53. The highest BCUT2D eigenvalue weighted by molar-refractivity contribution is 7.89. The van der Waals surface area contributed by atoms with Crippen LogP contribution in [0.2, 0.25) is 0 Å². The van der Waals surface area contributed by atoms with Crippen molar-refractivity contribution in [2.24, 2.45) is 0 Å². The van der Waals surface area contributed by atoms with E-state index in [0.29, 0.717) is 0 Å². The van der Waals surface area contributed by atoms with E-state index < -0.39 is 10.0 Å². The Morgan fingerprint density at radius 2 is 2.22 bits per heavy atom. The maximum atomic E-state index is 12.6. The quantitative estimate of drug-likeness (QED) is 0.904. The van der Waals surface area contributed by atoms with Crippen LogP contribution in [0.1, 0.15) is 33.1 Å². The Morgan fingerprint density at radius 1 is 1.50 bits per heavy atom. The van der Waals surface area contributed by atoms with Crippen LogP contribution in [-0.2, 0) is 10.0 Å². The number of pyridine rings is 1. The van der Waals surface area contributed by atoms with Crippen LogP contribution in [0, 0.1) is 0 Å². The van der Waals surface area contributed by atoms with Crippen LogP contribution in [0.3, 0.4) is 0 Å². The number of nitrogens with zero attached hydrogens (tertiary/aromatic N) is 2. The van der Waals surface area contributed by atoms with Crippen molar-refractivity contribution in [3.05, 3.63) is 18.3 Å². The summed E-state index contributed by atoms with van der Waals surface area (Å²) in [5.74, 6) is 0.0754. The van der Waals surface area contributed by atoms with Crippen LogP contribution in [0.15, 0.2) is 23.2 Å². The molecule has 1 saturated heterocycles. The number of hydrogen-bond acceptors (Lipinski definition) is 4. The number of sulfonamides is 1. The average Bonchev–Trinajstić information content (AvgIpc) is 2.71. The lowest BCUT2D eigenvalue weighted by atomic mass is 10.2. The van der Waals surface area contributed by atoms with E-state index in [2.05, 4.69) is 4.98 Å². The third-order valence-electron chi connectivity index (χ3n) is 3.54. The van der Waals surface area contributed by atoms with Gasteiger partial charge in [0, 0.05) is 18.3 Å². The van der Waals surface area contributed by atoms with Gasteiger partial charge in [-0.3, -0.25) is 0 Å². The first kappa shape index (κ1) is 13.3. The molecule has 18 heavy (non-hydrogen) atoms. The molecule has 2 rings (SSSR count). The second-order valence-electron chi connectivity index (χ2n) is 4.71. The van der Waals surface area contributed by atoms with Gasteiger partial charge in [0.05, 0.1) is 0 Å². The summed E-state index contributed by atoms with van der Waals surface area (Å²) in [6.45, 7) is 3.96. The fourth-order valence-corrected chi connectivity index (χ4v) is 4.62. The van der Waals surface area contributed by atoms with E-state index >= 15 is 0 Å². The van der Waals surface area contributed by atoms with Gasteiger partial charge in [0.25, 0.3) is 0 Å². The summed E-state index contributed by atoms with van der Waals surface area (Å²) in [5, 5.41) is 0. The van der Waals surface area contributed by atoms with Gasteiger partial charge in [-0.25, -0.2) is 13.4 Å².